The normalized spacial score (nSPS) is 14.4. The Morgan fingerprint density at radius 3 is 2.26 bits per heavy atom. The number of H-pyrrole nitrogens is 1. The van der Waals surface area contributed by atoms with E-state index in [2.05, 4.69) is 25.9 Å². The first-order chi connectivity index (χ1) is 16.8. The van der Waals surface area contributed by atoms with Gasteiger partial charge in [-0.15, -0.1) is 0 Å². The third-order valence-electron chi connectivity index (χ3n) is 5.51. The van der Waals surface area contributed by atoms with Gasteiger partial charge in [0.1, 0.15) is 5.82 Å². The second kappa shape index (κ2) is 9.75. The van der Waals surface area contributed by atoms with Gasteiger partial charge in [0.05, 0.1) is 32.8 Å². The molecule has 0 spiro atoms. The number of anilines is 4. The maximum atomic E-state index is 13.2. The van der Waals surface area contributed by atoms with Crippen LogP contribution >= 0.6 is 0 Å². The Labute approximate surface area is 200 Å². The molecule has 1 aliphatic heterocycles. The van der Waals surface area contributed by atoms with E-state index in [9.17, 15) is 14.4 Å². The summed E-state index contributed by atoms with van der Waals surface area (Å²) in [5, 5.41) is 8.32. The van der Waals surface area contributed by atoms with Gasteiger partial charge in [0.25, 0.3) is 5.56 Å². The first kappa shape index (κ1) is 23.6. The number of rotatable bonds is 7. The van der Waals surface area contributed by atoms with E-state index in [0.29, 0.717) is 28.6 Å². The summed E-state index contributed by atoms with van der Waals surface area (Å²) < 4.78 is 15.9. The summed E-state index contributed by atoms with van der Waals surface area (Å²) in [6.07, 6.45) is -0.210. The van der Waals surface area contributed by atoms with Gasteiger partial charge < -0.3 is 30.2 Å². The van der Waals surface area contributed by atoms with Crippen LogP contribution in [0.5, 0.6) is 17.2 Å². The number of aromatic amines is 1. The van der Waals surface area contributed by atoms with E-state index in [0.717, 1.165) is 5.56 Å². The van der Waals surface area contributed by atoms with Gasteiger partial charge in [-0.05, 0) is 19.1 Å². The van der Waals surface area contributed by atoms with Crippen molar-refractivity contribution in [2.24, 2.45) is 0 Å². The van der Waals surface area contributed by atoms with Gasteiger partial charge in [0, 0.05) is 29.9 Å². The lowest BCUT2D eigenvalue weighted by Gasteiger charge is -2.24. The predicted octanol–water partition coefficient (Wildman–Crippen LogP) is 2.91. The summed E-state index contributed by atoms with van der Waals surface area (Å²) in [4.78, 5) is 45.5. The SMILES string of the molecule is COc1cc(NC(=O)C2CC(=O)Nc3nc(Nc4ccc(C)cc4)[nH]c(=O)c32)cc(OC)c1OC. The van der Waals surface area contributed by atoms with Gasteiger partial charge in [0.15, 0.2) is 11.5 Å². The highest BCUT2D eigenvalue weighted by molar-refractivity contribution is 6.04. The Morgan fingerprint density at radius 1 is 1.00 bits per heavy atom. The Bertz CT molecular complexity index is 1310. The molecule has 0 saturated heterocycles. The zero-order valence-electron chi connectivity index (χ0n) is 19.6. The molecule has 1 atom stereocenters. The van der Waals surface area contributed by atoms with E-state index in [-0.39, 0.29) is 23.8 Å². The summed E-state index contributed by atoms with van der Waals surface area (Å²) >= 11 is 0. The highest BCUT2D eigenvalue weighted by Gasteiger charge is 2.35. The monoisotopic (exact) mass is 479 g/mol. The van der Waals surface area contributed by atoms with Crippen LogP contribution in [0.1, 0.15) is 23.5 Å². The highest BCUT2D eigenvalue weighted by atomic mass is 16.5. The Morgan fingerprint density at radius 2 is 1.66 bits per heavy atom. The van der Waals surface area contributed by atoms with Crippen molar-refractivity contribution in [2.45, 2.75) is 19.3 Å². The molecule has 2 heterocycles. The number of benzene rings is 2. The van der Waals surface area contributed by atoms with Crippen LogP contribution in [0.3, 0.4) is 0 Å². The summed E-state index contributed by atoms with van der Waals surface area (Å²) in [5.74, 6) is -0.810. The third kappa shape index (κ3) is 4.88. The molecule has 11 nitrogen and oxygen atoms in total. The molecule has 1 unspecified atom stereocenters. The smallest absolute Gasteiger partial charge is 0.258 e. The summed E-state index contributed by atoms with van der Waals surface area (Å²) in [5.41, 5.74) is 1.67. The lowest BCUT2D eigenvalue weighted by Crippen LogP contribution is -2.36. The molecular formula is C24H25N5O6. The van der Waals surface area contributed by atoms with Crippen molar-refractivity contribution in [1.29, 1.82) is 0 Å². The number of methoxy groups -OCH3 is 3. The lowest BCUT2D eigenvalue weighted by molar-refractivity contribution is -0.123. The minimum Gasteiger partial charge on any atom is -0.493 e. The molecule has 11 heteroatoms. The number of ether oxygens (including phenoxy) is 3. The van der Waals surface area contributed by atoms with Crippen LogP contribution in [0.4, 0.5) is 23.1 Å². The van der Waals surface area contributed by atoms with E-state index < -0.39 is 23.3 Å². The topological polar surface area (TPSA) is 144 Å². The maximum Gasteiger partial charge on any atom is 0.258 e. The van der Waals surface area contributed by atoms with Gasteiger partial charge in [0.2, 0.25) is 23.5 Å². The van der Waals surface area contributed by atoms with E-state index in [1.807, 2.05) is 31.2 Å². The number of amides is 2. The zero-order chi connectivity index (χ0) is 25.1. The summed E-state index contributed by atoms with van der Waals surface area (Å²) in [6.45, 7) is 1.96. The van der Waals surface area contributed by atoms with Gasteiger partial charge in [-0.3, -0.25) is 19.4 Å². The van der Waals surface area contributed by atoms with Crippen LogP contribution in [0, 0.1) is 6.92 Å². The molecule has 2 aromatic carbocycles. The standard InChI is InChI=1S/C24H25N5O6/c1-12-5-7-13(8-6-12)26-24-28-21-19(23(32)29-24)15(11-18(30)27-21)22(31)25-14-9-16(33-2)20(35-4)17(10-14)34-3/h5-10,15H,11H2,1-4H3,(H,25,31)(H3,26,27,28,29,30,32). The second-order valence-corrected chi connectivity index (χ2v) is 7.88. The average Bonchev–Trinajstić information content (AvgIpc) is 2.83. The quantitative estimate of drug-likeness (QED) is 0.405. The molecule has 3 aromatic rings. The van der Waals surface area contributed by atoms with E-state index in [4.69, 9.17) is 14.2 Å². The first-order valence-electron chi connectivity index (χ1n) is 10.7. The summed E-state index contributed by atoms with van der Waals surface area (Å²) in [7, 11) is 4.38. The Hall–Kier alpha value is -4.54. The van der Waals surface area contributed by atoms with Crippen LogP contribution in [0.15, 0.2) is 41.2 Å². The molecular weight excluding hydrogens is 454 g/mol. The number of hydrogen-bond acceptors (Lipinski definition) is 8. The number of nitrogens with zero attached hydrogens (tertiary/aromatic N) is 1. The molecule has 35 heavy (non-hydrogen) atoms. The van der Waals surface area contributed by atoms with Gasteiger partial charge in [-0.1, -0.05) is 17.7 Å². The zero-order valence-corrected chi connectivity index (χ0v) is 19.6. The molecule has 1 aliphatic rings. The van der Waals surface area contributed by atoms with Gasteiger partial charge >= 0.3 is 0 Å². The third-order valence-corrected chi connectivity index (χ3v) is 5.51. The van der Waals surface area contributed by atoms with Crippen LogP contribution in [-0.2, 0) is 9.59 Å². The molecule has 182 valence electrons. The average molecular weight is 479 g/mol. The highest BCUT2D eigenvalue weighted by Crippen LogP contribution is 2.40. The molecule has 0 fully saturated rings. The molecule has 1 aromatic heterocycles. The van der Waals surface area contributed by atoms with Crippen molar-refractivity contribution >= 4 is 35.0 Å². The summed E-state index contributed by atoms with van der Waals surface area (Å²) in [6, 6.07) is 10.6. The Balaban J connectivity index is 1.64. The Kier molecular flexibility index (Phi) is 6.58. The molecule has 0 bridgehead atoms. The van der Waals surface area contributed by atoms with Crippen molar-refractivity contribution in [3.63, 3.8) is 0 Å². The molecule has 0 radical (unpaired) electrons. The fraction of sp³-hybridized carbons (Fsp3) is 0.250. The predicted molar refractivity (Wildman–Crippen MR) is 130 cm³/mol. The number of carbonyl (C=O) groups is 2. The number of fused-ring (bicyclic) bond motifs is 1. The van der Waals surface area contributed by atoms with Crippen LogP contribution in [0.25, 0.3) is 0 Å². The fourth-order valence-corrected chi connectivity index (χ4v) is 3.81. The first-order valence-corrected chi connectivity index (χ1v) is 10.7. The molecule has 0 aliphatic carbocycles. The van der Waals surface area contributed by atoms with Crippen molar-refractivity contribution in [1.82, 2.24) is 9.97 Å². The maximum absolute atomic E-state index is 13.2. The number of aromatic nitrogens is 2. The largest absolute Gasteiger partial charge is 0.493 e. The van der Waals surface area contributed by atoms with E-state index in [1.54, 1.807) is 12.1 Å². The van der Waals surface area contributed by atoms with Crippen molar-refractivity contribution in [2.75, 3.05) is 37.3 Å². The number of aryl methyl sites for hydroxylation is 1. The minimum atomic E-state index is -1.05. The molecule has 2 amide bonds. The molecule has 0 saturated carbocycles. The van der Waals surface area contributed by atoms with Crippen molar-refractivity contribution in [3.8, 4) is 17.2 Å². The lowest BCUT2D eigenvalue weighted by atomic mass is 9.92. The van der Waals surface area contributed by atoms with Crippen molar-refractivity contribution in [3.05, 3.63) is 57.9 Å². The minimum absolute atomic E-state index is 0.0321. The van der Waals surface area contributed by atoms with Gasteiger partial charge in [-0.2, -0.15) is 4.98 Å². The van der Waals surface area contributed by atoms with Gasteiger partial charge in [-0.25, -0.2) is 0 Å². The molecule has 4 rings (SSSR count). The number of nitrogens with one attached hydrogen (secondary N) is 4. The van der Waals surface area contributed by atoms with Crippen LogP contribution < -0.4 is 35.7 Å². The fourth-order valence-electron chi connectivity index (χ4n) is 3.81. The van der Waals surface area contributed by atoms with E-state index in [1.165, 1.54) is 21.3 Å². The second-order valence-electron chi connectivity index (χ2n) is 7.88. The number of hydrogen-bond donors (Lipinski definition) is 4. The van der Waals surface area contributed by atoms with Crippen LogP contribution in [0.2, 0.25) is 0 Å². The van der Waals surface area contributed by atoms with Crippen LogP contribution in [-0.4, -0.2) is 43.1 Å². The molecule has 4 N–H and O–H groups in total. The number of carbonyl (C=O) groups excluding carboxylic acids is 2. The van der Waals surface area contributed by atoms with E-state index >= 15 is 0 Å². The van der Waals surface area contributed by atoms with Crippen molar-refractivity contribution < 1.29 is 23.8 Å².